The second-order valence-corrected chi connectivity index (χ2v) is 5.12. The Kier molecular flexibility index (Phi) is 4.37. The van der Waals surface area contributed by atoms with Crippen LogP contribution < -0.4 is 10.2 Å². The van der Waals surface area contributed by atoms with Crippen LogP contribution in [0.3, 0.4) is 0 Å². The SMILES string of the molecule is Cc1c(N(C)C2CCCNCC2)cccc1[N+](=O)[O-]. The van der Waals surface area contributed by atoms with Gasteiger partial charge in [0.1, 0.15) is 0 Å². The Morgan fingerprint density at radius 3 is 2.89 bits per heavy atom. The van der Waals surface area contributed by atoms with E-state index in [1.165, 1.54) is 0 Å². The van der Waals surface area contributed by atoms with Gasteiger partial charge in [-0.05, 0) is 45.3 Å². The van der Waals surface area contributed by atoms with Crippen molar-refractivity contribution < 1.29 is 4.92 Å². The van der Waals surface area contributed by atoms with Crippen molar-refractivity contribution in [3.8, 4) is 0 Å². The van der Waals surface area contributed by atoms with Crippen LogP contribution in [0.5, 0.6) is 0 Å². The summed E-state index contributed by atoms with van der Waals surface area (Å²) in [6.07, 6.45) is 3.37. The average Bonchev–Trinajstić information content (AvgIpc) is 2.66. The van der Waals surface area contributed by atoms with Crippen molar-refractivity contribution in [2.24, 2.45) is 0 Å². The van der Waals surface area contributed by atoms with Crippen molar-refractivity contribution in [3.63, 3.8) is 0 Å². The van der Waals surface area contributed by atoms with Crippen LogP contribution in [-0.4, -0.2) is 31.1 Å². The highest BCUT2D eigenvalue weighted by Gasteiger charge is 2.21. The van der Waals surface area contributed by atoms with E-state index in [-0.39, 0.29) is 10.6 Å². The summed E-state index contributed by atoms with van der Waals surface area (Å²) in [5.41, 5.74) is 1.93. The second kappa shape index (κ2) is 6.02. The fourth-order valence-corrected chi connectivity index (χ4v) is 2.78. The summed E-state index contributed by atoms with van der Waals surface area (Å²) in [5.74, 6) is 0. The smallest absolute Gasteiger partial charge is 0.274 e. The monoisotopic (exact) mass is 263 g/mol. The van der Waals surface area contributed by atoms with Gasteiger partial charge in [0.25, 0.3) is 5.69 Å². The van der Waals surface area contributed by atoms with Crippen molar-refractivity contribution in [2.45, 2.75) is 32.2 Å². The van der Waals surface area contributed by atoms with E-state index in [9.17, 15) is 10.1 Å². The zero-order chi connectivity index (χ0) is 13.8. The molecule has 1 N–H and O–H groups in total. The van der Waals surface area contributed by atoms with Crippen LogP contribution in [0.2, 0.25) is 0 Å². The molecule has 0 aliphatic carbocycles. The van der Waals surface area contributed by atoms with E-state index >= 15 is 0 Å². The molecule has 0 radical (unpaired) electrons. The van der Waals surface area contributed by atoms with E-state index in [2.05, 4.69) is 10.2 Å². The zero-order valence-corrected chi connectivity index (χ0v) is 11.6. The molecule has 1 atom stereocenters. The lowest BCUT2D eigenvalue weighted by Gasteiger charge is -2.30. The van der Waals surface area contributed by atoms with Gasteiger partial charge in [-0.25, -0.2) is 0 Å². The molecule has 1 fully saturated rings. The minimum Gasteiger partial charge on any atom is -0.371 e. The number of hydrogen-bond acceptors (Lipinski definition) is 4. The maximum Gasteiger partial charge on any atom is 0.274 e. The average molecular weight is 263 g/mol. The fourth-order valence-electron chi connectivity index (χ4n) is 2.78. The molecule has 0 bridgehead atoms. The molecule has 5 nitrogen and oxygen atoms in total. The molecule has 0 amide bonds. The lowest BCUT2D eigenvalue weighted by molar-refractivity contribution is -0.385. The first-order chi connectivity index (χ1) is 9.11. The Balaban J connectivity index is 2.25. The number of anilines is 1. The molecule has 1 heterocycles. The van der Waals surface area contributed by atoms with E-state index in [0.717, 1.165) is 43.6 Å². The maximum absolute atomic E-state index is 11.0. The number of rotatable bonds is 3. The summed E-state index contributed by atoms with van der Waals surface area (Å²) in [6.45, 7) is 3.92. The molecular weight excluding hydrogens is 242 g/mol. The Hall–Kier alpha value is -1.62. The molecule has 0 aromatic heterocycles. The molecule has 2 rings (SSSR count). The highest BCUT2D eigenvalue weighted by atomic mass is 16.6. The summed E-state index contributed by atoms with van der Waals surface area (Å²) >= 11 is 0. The quantitative estimate of drug-likeness (QED) is 0.672. The molecule has 19 heavy (non-hydrogen) atoms. The second-order valence-electron chi connectivity index (χ2n) is 5.12. The molecular formula is C14H21N3O2. The van der Waals surface area contributed by atoms with Gasteiger partial charge in [0, 0.05) is 24.8 Å². The van der Waals surface area contributed by atoms with E-state index in [4.69, 9.17) is 0 Å². The van der Waals surface area contributed by atoms with Gasteiger partial charge >= 0.3 is 0 Å². The molecule has 1 aliphatic rings. The number of benzene rings is 1. The van der Waals surface area contributed by atoms with Gasteiger partial charge < -0.3 is 10.2 Å². The third kappa shape index (κ3) is 3.04. The van der Waals surface area contributed by atoms with Gasteiger partial charge in [-0.15, -0.1) is 0 Å². The number of nitro groups is 1. The topological polar surface area (TPSA) is 58.4 Å². The Labute approximate surface area is 113 Å². The van der Waals surface area contributed by atoms with Crippen molar-refractivity contribution in [2.75, 3.05) is 25.0 Å². The Morgan fingerprint density at radius 1 is 1.37 bits per heavy atom. The molecule has 104 valence electrons. The van der Waals surface area contributed by atoms with Crippen LogP contribution in [0.1, 0.15) is 24.8 Å². The van der Waals surface area contributed by atoms with Gasteiger partial charge in [-0.1, -0.05) is 6.07 Å². The van der Waals surface area contributed by atoms with Crippen LogP contribution >= 0.6 is 0 Å². The highest BCUT2D eigenvalue weighted by molar-refractivity contribution is 5.61. The molecule has 0 spiro atoms. The van der Waals surface area contributed by atoms with Crippen molar-refractivity contribution in [3.05, 3.63) is 33.9 Å². The predicted molar refractivity (Wildman–Crippen MR) is 76.7 cm³/mol. The maximum atomic E-state index is 11.0. The first kappa shape index (κ1) is 13.8. The van der Waals surface area contributed by atoms with Gasteiger partial charge in [0.05, 0.1) is 10.5 Å². The summed E-state index contributed by atoms with van der Waals surface area (Å²) in [4.78, 5) is 12.9. The van der Waals surface area contributed by atoms with E-state index in [1.54, 1.807) is 12.1 Å². The van der Waals surface area contributed by atoms with Gasteiger partial charge in [0.15, 0.2) is 0 Å². The van der Waals surface area contributed by atoms with E-state index < -0.39 is 0 Å². The third-order valence-corrected chi connectivity index (χ3v) is 3.95. The molecule has 5 heteroatoms. The number of hydrogen-bond donors (Lipinski definition) is 1. The summed E-state index contributed by atoms with van der Waals surface area (Å²) in [6, 6.07) is 5.77. The summed E-state index contributed by atoms with van der Waals surface area (Å²) < 4.78 is 0. The van der Waals surface area contributed by atoms with Gasteiger partial charge in [-0.3, -0.25) is 10.1 Å². The summed E-state index contributed by atoms with van der Waals surface area (Å²) in [5, 5.41) is 14.4. The normalized spacial score (nSPS) is 19.8. The summed E-state index contributed by atoms with van der Waals surface area (Å²) in [7, 11) is 2.04. The Morgan fingerprint density at radius 2 is 2.16 bits per heavy atom. The predicted octanol–water partition coefficient (Wildman–Crippen LogP) is 2.48. The molecule has 1 aromatic rings. The number of nitro benzene ring substituents is 1. The largest absolute Gasteiger partial charge is 0.371 e. The van der Waals surface area contributed by atoms with Crippen molar-refractivity contribution in [1.29, 1.82) is 0 Å². The van der Waals surface area contributed by atoms with Crippen LogP contribution in [0.25, 0.3) is 0 Å². The van der Waals surface area contributed by atoms with Crippen LogP contribution in [0, 0.1) is 17.0 Å². The van der Waals surface area contributed by atoms with Gasteiger partial charge in [0.2, 0.25) is 0 Å². The highest BCUT2D eigenvalue weighted by Crippen LogP contribution is 2.30. The zero-order valence-electron chi connectivity index (χ0n) is 11.6. The fraction of sp³-hybridized carbons (Fsp3) is 0.571. The lowest BCUT2D eigenvalue weighted by Crippen LogP contribution is -2.32. The molecule has 0 saturated carbocycles. The van der Waals surface area contributed by atoms with E-state index in [0.29, 0.717) is 6.04 Å². The first-order valence-electron chi connectivity index (χ1n) is 6.79. The van der Waals surface area contributed by atoms with Crippen LogP contribution in [-0.2, 0) is 0 Å². The van der Waals surface area contributed by atoms with Crippen molar-refractivity contribution in [1.82, 2.24) is 5.32 Å². The van der Waals surface area contributed by atoms with Crippen molar-refractivity contribution >= 4 is 11.4 Å². The van der Waals surface area contributed by atoms with Crippen LogP contribution in [0.4, 0.5) is 11.4 Å². The molecule has 1 aromatic carbocycles. The number of nitrogens with zero attached hydrogens (tertiary/aromatic N) is 2. The Bertz CT molecular complexity index is 454. The third-order valence-electron chi connectivity index (χ3n) is 3.95. The van der Waals surface area contributed by atoms with E-state index in [1.807, 2.05) is 20.0 Å². The molecule has 1 aliphatic heterocycles. The minimum atomic E-state index is -0.304. The van der Waals surface area contributed by atoms with Gasteiger partial charge in [-0.2, -0.15) is 0 Å². The minimum absolute atomic E-state index is 0.205. The number of nitrogens with one attached hydrogen (secondary N) is 1. The first-order valence-corrected chi connectivity index (χ1v) is 6.79. The lowest BCUT2D eigenvalue weighted by atomic mass is 10.0. The molecule has 1 saturated heterocycles. The molecule has 1 unspecified atom stereocenters. The van der Waals surface area contributed by atoms with Crippen LogP contribution in [0.15, 0.2) is 18.2 Å². The standard InChI is InChI=1S/C14H21N3O2/c1-11-13(6-3-7-14(11)17(18)19)16(2)12-5-4-9-15-10-8-12/h3,6-7,12,15H,4-5,8-10H2,1-2H3.